The number of aromatic nitrogens is 5. The van der Waals surface area contributed by atoms with Crippen LogP contribution >= 0.6 is 0 Å². The minimum Gasteiger partial charge on any atom is -0.500 e. The molecule has 6 nitrogen and oxygen atoms in total. The van der Waals surface area contributed by atoms with Gasteiger partial charge in [-0.3, -0.25) is 4.98 Å². The average Bonchev–Trinajstić information content (AvgIpc) is 3.76. The summed E-state index contributed by atoms with van der Waals surface area (Å²) in [5.41, 5.74) is 8.33. The van der Waals surface area contributed by atoms with E-state index in [2.05, 4.69) is 79.2 Å². The second-order valence-electron chi connectivity index (χ2n) is 13.8. The Kier molecular flexibility index (Phi) is 9.04. The van der Waals surface area contributed by atoms with E-state index in [1.807, 2.05) is 108 Å². The second-order valence-corrected chi connectivity index (χ2v) is 18.9. The molecular weight excluding hydrogens is 847 g/mol. The van der Waals surface area contributed by atoms with Crippen LogP contribution in [0.5, 0.6) is 0 Å². The molecule has 0 bridgehead atoms. The second kappa shape index (κ2) is 14.0. The van der Waals surface area contributed by atoms with Gasteiger partial charge in [-0.25, -0.2) is 9.97 Å². The van der Waals surface area contributed by atoms with Crippen molar-refractivity contribution in [2.24, 2.45) is 0 Å². The normalized spacial score (nSPS) is 11.5. The van der Waals surface area contributed by atoms with E-state index >= 15 is 0 Å². The molecule has 10 aromatic rings. The van der Waals surface area contributed by atoms with Crippen LogP contribution in [-0.4, -0.2) is 32.6 Å². The van der Waals surface area contributed by atoms with Gasteiger partial charge >= 0.3 is 0 Å². The summed E-state index contributed by atoms with van der Waals surface area (Å²) in [7, 11) is -1.23. The van der Waals surface area contributed by atoms with Crippen molar-refractivity contribution >= 4 is 68.3 Å². The van der Waals surface area contributed by atoms with E-state index in [0.717, 1.165) is 66.3 Å². The van der Waals surface area contributed by atoms with Crippen LogP contribution in [0.2, 0.25) is 19.6 Å². The maximum atomic E-state index is 6.59. The number of benzene rings is 6. The Morgan fingerprint density at radius 2 is 1.34 bits per heavy atom. The Hall–Kier alpha value is -5.79. The third-order valence-corrected chi connectivity index (χ3v) is 11.4. The molecule has 0 N–H and O–H groups in total. The summed E-state index contributed by atoms with van der Waals surface area (Å²) >= 11 is 0. The van der Waals surface area contributed by atoms with E-state index in [-0.39, 0.29) is 20.1 Å². The molecule has 0 aliphatic rings. The van der Waals surface area contributed by atoms with Gasteiger partial charge in [-0.15, -0.1) is 54.1 Å². The molecule has 0 aliphatic heterocycles. The van der Waals surface area contributed by atoms with Gasteiger partial charge in [0.15, 0.2) is 11.3 Å². The Labute approximate surface area is 321 Å². The van der Waals surface area contributed by atoms with Gasteiger partial charge in [-0.1, -0.05) is 109 Å². The van der Waals surface area contributed by atoms with Gasteiger partial charge in [0.05, 0.1) is 30.5 Å². The number of para-hydroxylation sites is 3. The molecule has 0 saturated carbocycles. The van der Waals surface area contributed by atoms with E-state index in [0.29, 0.717) is 17.1 Å². The summed E-state index contributed by atoms with van der Waals surface area (Å²) in [5, 5.41) is 5.73. The molecule has 1 radical (unpaired) electrons. The molecule has 0 fully saturated rings. The van der Waals surface area contributed by atoms with Crippen molar-refractivity contribution in [2.75, 3.05) is 0 Å². The van der Waals surface area contributed by atoms with Crippen LogP contribution in [0, 0.1) is 12.1 Å². The maximum absolute atomic E-state index is 6.59. The first-order valence-electron chi connectivity index (χ1n) is 17.3. The summed E-state index contributed by atoms with van der Waals surface area (Å²) in [4.78, 5) is 19.3. The Morgan fingerprint density at radius 3 is 2.09 bits per heavy atom. The number of rotatable bonds is 4. The third-order valence-electron chi connectivity index (χ3n) is 9.35. The maximum Gasteiger partial charge on any atom is 0.188 e. The number of imidazole rings is 1. The minimum atomic E-state index is -1.23. The summed E-state index contributed by atoms with van der Waals surface area (Å²) in [5.74, 6) is 0.695. The van der Waals surface area contributed by atoms with Crippen LogP contribution in [0.1, 0.15) is 0 Å². The third kappa shape index (κ3) is 6.35. The van der Waals surface area contributed by atoms with Gasteiger partial charge in [0, 0.05) is 42.8 Å². The molecule has 4 heterocycles. The van der Waals surface area contributed by atoms with E-state index in [1.165, 1.54) is 5.19 Å². The van der Waals surface area contributed by atoms with Crippen molar-refractivity contribution in [2.45, 2.75) is 19.6 Å². The molecule has 6 aromatic carbocycles. The fraction of sp³-hybridized carbons (Fsp3) is 0.0667. The van der Waals surface area contributed by atoms with Crippen molar-refractivity contribution < 1.29 is 24.5 Å². The molecule has 10 rings (SSSR count). The molecule has 8 heteroatoms. The van der Waals surface area contributed by atoms with Crippen LogP contribution in [0.25, 0.3) is 83.4 Å². The van der Waals surface area contributed by atoms with Crippen molar-refractivity contribution in [1.82, 2.24) is 24.5 Å². The van der Waals surface area contributed by atoms with E-state index in [9.17, 15) is 0 Å². The van der Waals surface area contributed by atoms with Crippen molar-refractivity contribution in [3.63, 3.8) is 0 Å². The Balaban J connectivity index is 0.000000199. The van der Waals surface area contributed by atoms with Gasteiger partial charge in [-0.05, 0) is 40.5 Å². The zero-order chi connectivity index (χ0) is 35.2. The molecular formula is C45H33IrN5OSi-2. The first-order chi connectivity index (χ1) is 25.4. The summed E-state index contributed by atoms with van der Waals surface area (Å²) < 4.78 is 8.64. The number of fused-ring (bicyclic) bond motifs is 7. The summed E-state index contributed by atoms with van der Waals surface area (Å²) in [6.45, 7) is 7.00. The summed E-state index contributed by atoms with van der Waals surface area (Å²) in [6.07, 6.45) is 2.02. The average molecular weight is 880 g/mol. The van der Waals surface area contributed by atoms with Gasteiger partial charge in [-0.2, -0.15) is 0 Å². The molecule has 0 aliphatic carbocycles. The Bertz CT molecular complexity index is 2880. The minimum absolute atomic E-state index is 0. The van der Waals surface area contributed by atoms with Crippen LogP contribution < -0.4 is 5.19 Å². The number of pyridine rings is 1. The number of furan rings is 1. The zero-order valence-corrected chi connectivity index (χ0v) is 32.7. The quantitative estimate of drug-likeness (QED) is 0.130. The van der Waals surface area contributed by atoms with Crippen LogP contribution in [0.15, 0.2) is 150 Å². The van der Waals surface area contributed by atoms with Gasteiger partial charge < -0.3 is 14.0 Å². The van der Waals surface area contributed by atoms with Gasteiger partial charge in [0.25, 0.3) is 0 Å². The molecule has 0 spiro atoms. The van der Waals surface area contributed by atoms with Crippen molar-refractivity contribution in [3.8, 4) is 28.3 Å². The number of hydrogen-bond acceptors (Lipinski definition) is 5. The van der Waals surface area contributed by atoms with Crippen LogP contribution in [-0.2, 0) is 20.1 Å². The first kappa shape index (κ1) is 34.3. The van der Waals surface area contributed by atoms with Crippen LogP contribution in [0.4, 0.5) is 0 Å². The van der Waals surface area contributed by atoms with Crippen molar-refractivity contribution in [1.29, 1.82) is 0 Å². The van der Waals surface area contributed by atoms with E-state index in [4.69, 9.17) is 19.4 Å². The van der Waals surface area contributed by atoms with Crippen molar-refractivity contribution in [3.05, 3.63) is 158 Å². The van der Waals surface area contributed by atoms with Gasteiger partial charge in [0.1, 0.15) is 5.58 Å². The number of hydrogen-bond donors (Lipinski definition) is 0. The molecule has 259 valence electrons. The van der Waals surface area contributed by atoms with E-state index < -0.39 is 8.07 Å². The predicted molar refractivity (Wildman–Crippen MR) is 215 cm³/mol. The topological polar surface area (TPSA) is 69.6 Å². The molecule has 53 heavy (non-hydrogen) atoms. The molecule has 4 aromatic heterocycles. The predicted octanol–water partition coefficient (Wildman–Crippen LogP) is 10.6. The smallest absolute Gasteiger partial charge is 0.188 e. The molecule has 0 amide bonds. The largest absolute Gasteiger partial charge is 0.500 e. The SMILES string of the molecule is C[Si](C)(C)c1ccc(-c2[c-]cccc2)nc1.[Ir].[c-]1ccc2c(oc3c4ccccc4ccc23)c1-c1nc2nc3ccccc3nc2n1-c1ccccc1. The first-order valence-corrected chi connectivity index (χ1v) is 20.8. The van der Waals surface area contributed by atoms with Gasteiger partial charge in [0.2, 0.25) is 0 Å². The Morgan fingerprint density at radius 1 is 0.604 bits per heavy atom. The standard InChI is InChI=1S/C31H17N4O.C14H16NSi.Ir/c1-2-10-20(11-3-1)35-30(34-29-31(35)33-26-16-7-6-15-25(26)32-29)24-14-8-13-22-23-18-17-19-9-4-5-12-21(19)27(23)36-28(22)24;1-16(2,3)13-9-10-14(15-11-13)12-7-5-4-6-8-12;/h1-13,15-18H;4-7,9-11H,1-3H3;/q2*-1;. The summed E-state index contributed by atoms with van der Waals surface area (Å²) in [6, 6.07) is 53.4. The monoisotopic (exact) mass is 880 g/mol. The number of nitrogens with zero attached hydrogens (tertiary/aromatic N) is 5. The molecule has 0 atom stereocenters. The zero-order valence-electron chi connectivity index (χ0n) is 29.3. The molecule has 0 saturated heterocycles. The molecule has 0 unspecified atom stereocenters. The fourth-order valence-electron chi connectivity index (χ4n) is 6.63. The van der Waals surface area contributed by atoms with Crippen LogP contribution in [0.3, 0.4) is 0 Å². The fourth-order valence-corrected chi connectivity index (χ4v) is 7.67. The van der Waals surface area contributed by atoms with E-state index in [1.54, 1.807) is 0 Å².